The first-order chi connectivity index (χ1) is 13.2. The molecule has 27 heavy (non-hydrogen) atoms. The molecule has 4 rings (SSSR count). The molecular weight excluding hydrogens is 336 g/mol. The summed E-state index contributed by atoms with van der Waals surface area (Å²) in [6, 6.07) is 13.2. The lowest BCUT2D eigenvalue weighted by Crippen LogP contribution is -2.48. The molecule has 5 heteroatoms. The SMILES string of the molecule is CCc1cccc(-c2cnn(C3CN(C(C)c4ccccn4)C3)c2)c1OC. The Morgan fingerprint density at radius 1 is 1.19 bits per heavy atom. The summed E-state index contributed by atoms with van der Waals surface area (Å²) in [5.41, 5.74) is 4.57. The first-order valence-electron chi connectivity index (χ1n) is 9.56. The molecule has 1 fully saturated rings. The third kappa shape index (κ3) is 3.35. The van der Waals surface area contributed by atoms with Crippen LogP contribution in [0.25, 0.3) is 11.1 Å². The first-order valence-corrected chi connectivity index (χ1v) is 9.56. The zero-order chi connectivity index (χ0) is 18.8. The number of likely N-dealkylation sites (tertiary alicyclic amines) is 1. The molecule has 1 saturated heterocycles. The van der Waals surface area contributed by atoms with E-state index in [1.165, 1.54) is 5.56 Å². The summed E-state index contributed by atoms with van der Waals surface area (Å²) in [6.45, 7) is 6.35. The van der Waals surface area contributed by atoms with Crippen LogP contribution in [0.2, 0.25) is 0 Å². The Bertz CT molecular complexity index is 900. The summed E-state index contributed by atoms with van der Waals surface area (Å²) >= 11 is 0. The number of aryl methyl sites for hydroxylation is 1. The first kappa shape index (κ1) is 17.7. The van der Waals surface area contributed by atoms with E-state index in [-0.39, 0.29) is 0 Å². The molecule has 1 aliphatic heterocycles. The monoisotopic (exact) mass is 362 g/mol. The lowest BCUT2D eigenvalue weighted by atomic mass is 10.0. The van der Waals surface area contributed by atoms with Crippen molar-refractivity contribution >= 4 is 0 Å². The van der Waals surface area contributed by atoms with Gasteiger partial charge in [0.1, 0.15) is 5.75 Å². The number of ether oxygens (including phenoxy) is 1. The van der Waals surface area contributed by atoms with Gasteiger partial charge in [-0.2, -0.15) is 5.10 Å². The molecule has 1 aromatic carbocycles. The highest BCUT2D eigenvalue weighted by Gasteiger charge is 2.33. The Labute approximate surface area is 160 Å². The quantitative estimate of drug-likeness (QED) is 0.661. The maximum Gasteiger partial charge on any atom is 0.129 e. The molecule has 2 aromatic heterocycles. The van der Waals surface area contributed by atoms with Crippen LogP contribution in [0.1, 0.15) is 37.2 Å². The highest BCUT2D eigenvalue weighted by Crippen LogP contribution is 2.35. The van der Waals surface area contributed by atoms with Crippen LogP contribution >= 0.6 is 0 Å². The van der Waals surface area contributed by atoms with Crippen LogP contribution in [0.5, 0.6) is 5.75 Å². The summed E-state index contributed by atoms with van der Waals surface area (Å²) in [6.07, 6.45) is 6.90. The number of nitrogens with zero attached hydrogens (tertiary/aromatic N) is 4. The molecule has 0 N–H and O–H groups in total. The highest BCUT2D eigenvalue weighted by molar-refractivity contribution is 5.71. The summed E-state index contributed by atoms with van der Waals surface area (Å²) in [4.78, 5) is 6.92. The Morgan fingerprint density at radius 3 is 2.74 bits per heavy atom. The Balaban J connectivity index is 1.47. The van der Waals surface area contributed by atoms with Crippen molar-refractivity contribution in [1.82, 2.24) is 19.7 Å². The van der Waals surface area contributed by atoms with E-state index >= 15 is 0 Å². The fraction of sp³-hybridized carbons (Fsp3) is 0.364. The van der Waals surface area contributed by atoms with Gasteiger partial charge in [0.15, 0.2) is 0 Å². The Morgan fingerprint density at radius 2 is 2.04 bits per heavy atom. The predicted molar refractivity (Wildman–Crippen MR) is 107 cm³/mol. The molecule has 0 radical (unpaired) electrons. The van der Waals surface area contributed by atoms with Gasteiger partial charge in [-0.25, -0.2) is 0 Å². The number of pyridine rings is 1. The van der Waals surface area contributed by atoms with Gasteiger partial charge in [0, 0.05) is 42.7 Å². The highest BCUT2D eigenvalue weighted by atomic mass is 16.5. The Hall–Kier alpha value is -2.66. The maximum absolute atomic E-state index is 5.68. The van der Waals surface area contributed by atoms with Gasteiger partial charge in [-0.15, -0.1) is 0 Å². The van der Waals surface area contributed by atoms with Crippen LogP contribution in [0, 0.1) is 0 Å². The van der Waals surface area contributed by atoms with E-state index in [4.69, 9.17) is 4.74 Å². The van der Waals surface area contributed by atoms with Crippen molar-refractivity contribution in [2.75, 3.05) is 20.2 Å². The molecule has 140 valence electrons. The normalized spacial score (nSPS) is 16.1. The minimum Gasteiger partial charge on any atom is -0.496 e. The maximum atomic E-state index is 5.68. The van der Waals surface area contributed by atoms with Crippen molar-refractivity contribution in [2.24, 2.45) is 0 Å². The van der Waals surface area contributed by atoms with Gasteiger partial charge >= 0.3 is 0 Å². The number of aromatic nitrogens is 3. The summed E-state index contributed by atoms with van der Waals surface area (Å²) in [5.74, 6) is 0.957. The van der Waals surface area contributed by atoms with Crippen LogP contribution < -0.4 is 4.74 Å². The molecule has 0 amide bonds. The lowest BCUT2D eigenvalue weighted by molar-refractivity contribution is 0.0580. The minimum absolute atomic E-state index is 0.332. The van der Waals surface area contributed by atoms with E-state index in [1.807, 2.05) is 24.5 Å². The molecule has 3 heterocycles. The number of methoxy groups -OCH3 is 1. The van der Waals surface area contributed by atoms with Gasteiger partial charge in [0.05, 0.1) is 25.0 Å². The number of para-hydroxylation sites is 1. The molecule has 5 nitrogen and oxygen atoms in total. The molecule has 1 aliphatic rings. The number of hydrogen-bond acceptors (Lipinski definition) is 4. The number of hydrogen-bond donors (Lipinski definition) is 0. The smallest absolute Gasteiger partial charge is 0.129 e. The molecule has 1 unspecified atom stereocenters. The van der Waals surface area contributed by atoms with Crippen LogP contribution in [0.15, 0.2) is 55.0 Å². The zero-order valence-electron chi connectivity index (χ0n) is 16.2. The summed E-state index contributed by atoms with van der Waals surface area (Å²) in [7, 11) is 1.74. The van der Waals surface area contributed by atoms with E-state index in [2.05, 4.69) is 64.0 Å². The molecule has 0 aliphatic carbocycles. The van der Waals surface area contributed by atoms with Gasteiger partial charge in [-0.05, 0) is 31.0 Å². The molecular formula is C22H26N4O. The van der Waals surface area contributed by atoms with Gasteiger partial charge < -0.3 is 4.74 Å². The van der Waals surface area contributed by atoms with E-state index in [0.717, 1.165) is 42.1 Å². The number of benzene rings is 1. The van der Waals surface area contributed by atoms with Gasteiger partial charge in [-0.1, -0.05) is 31.2 Å². The molecule has 1 atom stereocenters. The largest absolute Gasteiger partial charge is 0.496 e. The van der Waals surface area contributed by atoms with Crippen LogP contribution in [-0.2, 0) is 6.42 Å². The van der Waals surface area contributed by atoms with Crippen LogP contribution in [0.3, 0.4) is 0 Å². The van der Waals surface area contributed by atoms with Crippen molar-refractivity contribution in [3.05, 3.63) is 66.2 Å². The van der Waals surface area contributed by atoms with Crippen molar-refractivity contribution in [3.63, 3.8) is 0 Å². The minimum atomic E-state index is 0.332. The van der Waals surface area contributed by atoms with Crippen LogP contribution in [0.4, 0.5) is 0 Å². The third-order valence-corrected chi connectivity index (χ3v) is 5.52. The second-order valence-corrected chi connectivity index (χ2v) is 7.10. The van der Waals surface area contributed by atoms with Crippen LogP contribution in [-0.4, -0.2) is 39.9 Å². The molecule has 0 spiro atoms. The van der Waals surface area contributed by atoms with Gasteiger partial charge in [-0.3, -0.25) is 14.6 Å². The fourth-order valence-corrected chi connectivity index (χ4v) is 3.79. The van der Waals surface area contributed by atoms with E-state index < -0.39 is 0 Å². The topological polar surface area (TPSA) is 43.2 Å². The number of rotatable bonds is 6. The van der Waals surface area contributed by atoms with Crippen molar-refractivity contribution < 1.29 is 4.74 Å². The predicted octanol–water partition coefficient (Wildman–Crippen LogP) is 4.13. The molecule has 3 aromatic rings. The zero-order valence-corrected chi connectivity index (χ0v) is 16.2. The van der Waals surface area contributed by atoms with Crippen molar-refractivity contribution in [2.45, 2.75) is 32.4 Å². The van der Waals surface area contributed by atoms with Gasteiger partial charge in [0.2, 0.25) is 0 Å². The van der Waals surface area contributed by atoms with Gasteiger partial charge in [0.25, 0.3) is 0 Å². The summed E-state index contributed by atoms with van der Waals surface area (Å²) < 4.78 is 7.77. The van der Waals surface area contributed by atoms with Crippen molar-refractivity contribution in [1.29, 1.82) is 0 Å². The average Bonchev–Trinajstić information content (AvgIpc) is 3.16. The molecule has 0 bridgehead atoms. The summed E-state index contributed by atoms with van der Waals surface area (Å²) in [5, 5.41) is 4.63. The van der Waals surface area contributed by atoms with Crippen molar-refractivity contribution in [3.8, 4) is 16.9 Å². The second-order valence-electron chi connectivity index (χ2n) is 7.10. The third-order valence-electron chi connectivity index (χ3n) is 5.52. The standard InChI is InChI=1S/C22H26N4O/c1-4-17-8-7-9-20(22(17)27-3)18-12-24-26(13-18)19-14-25(15-19)16(2)21-10-5-6-11-23-21/h5-13,16,19H,4,14-15H2,1-3H3. The van der Waals surface area contributed by atoms with E-state index in [9.17, 15) is 0 Å². The molecule has 0 saturated carbocycles. The average molecular weight is 362 g/mol. The van der Waals surface area contributed by atoms with E-state index in [1.54, 1.807) is 7.11 Å². The Kier molecular flexibility index (Phi) is 4.94. The lowest BCUT2D eigenvalue weighted by Gasteiger charge is -2.42. The second kappa shape index (κ2) is 7.53. The fourth-order valence-electron chi connectivity index (χ4n) is 3.79. The van der Waals surface area contributed by atoms with E-state index in [0.29, 0.717) is 12.1 Å².